The van der Waals surface area contributed by atoms with Crippen LogP contribution in [0.5, 0.6) is 0 Å². The molecule has 1 saturated carbocycles. The number of nitrogens with zero attached hydrogens (tertiary/aromatic N) is 1. The fourth-order valence-corrected chi connectivity index (χ4v) is 3.28. The molecule has 138 valence electrons. The largest absolute Gasteiger partial charge is 0.525 e. The Morgan fingerprint density at radius 1 is 1.27 bits per heavy atom. The minimum Gasteiger partial charge on any atom is -0.463 e. The molecule has 4 rings (SSSR count). The van der Waals surface area contributed by atoms with Crippen molar-refractivity contribution in [2.24, 2.45) is 0 Å². The minimum absolute atomic E-state index is 0.378. The third-order valence-electron chi connectivity index (χ3n) is 5.86. The third kappa shape index (κ3) is 2.83. The second-order valence-corrected chi connectivity index (χ2v) is 8.12. The van der Waals surface area contributed by atoms with Gasteiger partial charge in [0.25, 0.3) is 0 Å². The van der Waals surface area contributed by atoms with Gasteiger partial charge in [-0.2, -0.15) is 5.10 Å². The van der Waals surface area contributed by atoms with Crippen molar-refractivity contribution in [3.63, 3.8) is 0 Å². The summed E-state index contributed by atoms with van der Waals surface area (Å²) in [5, 5.41) is 7.48. The molecule has 0 unspecified atom stereocenters. The molecule has 0 amide bonds. The molecule has 26 heavy (non-hydrogen) atoms. The lowest BCUT2D eigenvalue weighted by atomic mass is 9.80. The van der Waals surface area contributed by atoms with Gasteiger partial charge in [0.1, 0.15) is 11.4 Å². The number of aromatic amines is 1. The van der Waals surface area contributed by atoms with Crippen LogP contribution in [0.3, 0.4) is 0 Å². The van der Waals surface area contributed by atoms with E-state index in [-0.39, 0.29) is 0 Å². The zero-order chi connectivity index (χ0) is 18.5. The lowest BCUT2D eigenvalue weighted by molar-refractivity contribution is 0.00578. The normalized spacial score (nSPS) is 22.7. The van der Waals surface area contributed by atoms with E-state index >= 15 is 4.39 Å². The first-order valence-electron chi connectivity index (χ1n) is 9.13. The number of hydrogen-bond donors (Lipinski definition) is 1. The predicted molar refractivity (Wildman–Crippen MR) is 98.0 cm³/mol. The Balaban J connectivity index is 1.70. The lowest BCUT2D eigenvalue weighted by Crippen LogP contribution is -2.41. The minimum atomic E-state index is -1.02. The molecule has 0 aromatic carbocycles. The summed E-state index contributed by atoms with van der Waals surface area (Å²) in [7, 11) is -1.02. The highest BCUT2D eigenvalue weighted by Gasteiger charge is 2.53. The highest BCUT2D eigenvalue weighted by atomic mass is 19.1. The fourth-order valence-electron chi connectivity index (χ4n) is 3.28. The molecule has 0 spiro atoms. The Hall–Kier alpha value is -1.86. The maximum Gasteiger partial charge on any atom is 0.525 e. The highest BCUT2D eigenvalue weighted by molar-refractivity contribution is 6.54. The van der Waals surface area contributed by atoms with Crippen molar-refractivity contribution in [2.45, 2.75) is 64.1 Å². The van der Waals surface area contributed by atoms with Crippen LogP contribution in [0.25, 0.3) is 17.5 Å². The summed E-state index contributed by atoms with van der Waals surface area (Å²) in [4.78, 5) is 0. The van der Waals surface area contributed by atoms with Crippen LogP contribution in [-0.4, -0.2) is 28.5 Å². The van der Waals surface area contributed by atoms with Gasteiger partial charge in [0.2, 0.25) is 0 Å². The summed E-state index contributed by atoms with van der Waals surface area (Å²) in [6, 6.07) is 3.62. The lowest BCUT2D eigenvalue weighted by Gasteiger charge is -2.32. The summed E-state index contributed by atoms with van der Waals surface area (Å²) in [6.45, 7) is 7.64. The molecule has 0 radical (unpaired) electrons. The molecule has 7 heteroatoms. The van der Waals surface area contributed by atoms with Gasteiger partial charge in [0, 0.05) is 17.2 Å². The van der Waals surface area contributed by atoms with Crippen LogP contribution in [0.2, 0.25) is 0 Å². The third-order valence-corrected chi connectivity index (χ3v) is 5.86. The zero-order valence-electron chi connectivity index (χ0n) is 15.6. The number of hydrogen-bond acceptors (Lipinski definition) is 4. The Bertz CT molecular complexity index is 806. The van der Waals surface area contributed by atoms with Gasteiger partial charge in [-0.3, -0.25) is 5.10 Å². The monoisotopic (exact) mass is 358 g/mol. The van der Waals surface area contributed by atoms with Crippen LogP contribution in [-0.2, 0) is 9.31 Å². The number of rotatable bonds is 4. The van der Waals surface area contributed by atoms with Gasteiger partial charge in [-0.05, 0) is 58.7 Å². The number of H-pyrrole nitrogens is 1. The highest BCUT2D eigenvalue weighted by Crippen LogP contribution is 2.42. The molecule has 1 aliphatic heterocycles. The van der Waals surface area contributed by atoms with Crippen molar-refractivity contribution in [1.29, 1.82) is 0 Å². The predicted octanol–water partition coefficient (Wildman–Crippen LogP) is 4.88. The van der Waals surface area contributed by atoms with Crippen LogP contribution >= 0.6 is 0 Å². The maximum atomic E-state index is 15.1. The summed E-state index contributed by atoms with van der Waals surface area (Å²) < 4.78 is 32.2. The van der Waals surface area contributed by atoms with Gasteiger partial charge in [-0.15, -0.1) is 0 Å². The van der Waals surface area contributed by atoms with Crippen molar-refractivity contribution >= 4 is 13.2 Å². The number of halogens is 1. The Labute approximate surface area is 153 Å². The van der Waals surface area contributed by atoms with E-state index in [9.17, 15) is 0 Å². The second kappa shape index (κ2) is 6.10. The first kappa shape index (κ1) is 17.6. The molecule has 1 N–H and O–H groups in total. The molecule has 5 nitrogen and oxygen atoms in total. The van der Waals surface area contributed by atoms with E-state index in [1.165, 1.54) is 12.5 Å². The van der Waals surface area contributed by atoms with Crippen LogP contribution in [0, 0.1) is 0 Å². The first-order valence-corrected chi connectivity index (χ1v) is 9.13. The topological polar surface area (TPSA) is 60.3 Å². The van der Waals surface area contributed by atoms with E-state index in [2.05, 4.69) is 10.2 Å². The Kier molecular flexibility index (Phi) is 4.12. The van der Waals surface area contributed by atoms with Crippen molar-refractivity contribution in [2.75, 3.05) is 0 Å². The second-order valence-electron chi connectivity index (χ2n) is 8.12. The summed E-state index contributed by atoms with van der Waals surface area (Å²) >= 11 is 0. The van der Waals surface area contributed by atoms with Crippen molar-refractivity contribution in [3.8, 4) is 11.5 Å². The van der Waals surface area contributed by atoms with E-state index in [1.807, 2.05) is 33.8 Å². The van der Waals surface area contributed by atoms with Gasteiger partial charge in [0.15, 0.2) is 5.76 Å². The van der Waals surface area contributed by atoms with E-state index in [4.69, 9.17) is 13.7 Å². The molecule has 2 aliphatic rings. The summed E-state index contributed by atoms with van der Waals surface area (Å²) in [5.74, 6) is 0.989. The molecule has 2 fully saturated rings. The average Bonchev–Trinajstić information content (AvgIpc) is 3.18. The molecule has 0 bridgehead atoms. The molecule has 2 aromatic heterocycles. The molecule has 2 aromatic rings. The smallest absolute Gasteiger partial charge is 0.463 e. The van der Waals surface area contributed by atoms with Crippen molar-refractivity contribution in [3.05, 3.63) is 35.4 Å². The van der Waals surface area contributed by atoms with Crippen LogP contribution in [0.15, 0.2) is 28.5 Å². The molecular weight excluding hydrogens is 334 g/mol. The molecule has 0 atom stereocenters. The Morgan fingerprint density at radius 2 is 1.96 bits per heavy atom. The quantitative estimate of drug-likeness (QED) is 0.792. The standard InChI is InChI=1S/C19H24BFN2O3/c1-18(2)19(3,4)26-20(25-18)15(21)11-13-16(12-7-5-8-12)22-23-17(13)14-9-6-10-24-14/h6,9-12H,5,7-8H2,1-4H3,(H,22,23). The number of furan rings is 1. The average molecular weight is 358 g/mol. The molecule has 3 heterocycles. The van der Waals surface area contributed by atoms with Gasteiger partial charge in [-0.1, -0.05) is 6.42 Å². The van der Waals surface area contributed by atoms with Gasteiger partial charge >= 0.3 is 7.12 Å². The summed E-state index contributed by atoms with van der Waals surface area (Å²) in [5.41, 5.74) is 0.660. The SMILES string of the molecule is CC1(C)OB(C(F)=Cc2c(-c3ccco3)n[nH]c2C2CCC2)OC1(C)C. The van der Waals surface area contributed by atoms with E-state index in [0.29, 0.717) is 17.4 Å². The van der Waals surface area contributed by atoms with Crippen LogP contribution < -0.4 is 0 Å². The van der Waals surface area contributed by atoms with Crippen molar-refractivity contribution in [1.82, 2.24) is 10.2 Å². The van der Waals surface area contributed by atoms with Gasteiger partial charge in [0.05, 0.1) is 17.5 Å². The maximum absolute atomic E-state index is 15.1. The molecule has 1 aliphatic carbocycles. The zero-order valence-corrected chi connectivity index (χ0v) is 15.6. The first-order chi connectivity index (χ1) is 12.3. The number of aromatic nitrogens is 2. The van der Waals surface area contributed by atoms with Gasteiger partial charge < -0.3 is 13.7 Å². The van der Waals surface area contributed by atoms with E-state index in [0.717, 1.165) is 24.1 Å². The van der Waals surface area contributed by atoms with Crippen molar-refractivity contribution < 1.29 is 18.1 Å². The van der Waals surface area contributed by atoms with E-state index in [1.54, 1.807) is 12.3 Å². The van der Waals surface area contributed by atoms with E-state index < -0.39 is 24.0 Å². The van der Waals surface area contributed by atoms with Crippen LogP contribution in [0.4, 0.5) is 4.39 Å². The molecular formula is C19H24BFN2O3. The van der Waals surface area contributed by atoms with Crippen LogP contribution in [0.1, 0.15) is 64.1 Å². The summed E-state index contributed by atoms with van der Waals surface area (Å²) in [6.07, 6.45) is 6.42. The van der Waals surface area contributed by atoms with Gasteiger partial charge in [-0.25, -0.2) is 4.39 Å². The number of nitrogens with one attached hydrogen (secondary N) is 1. The fraction of sp³-hybridized carbons (Fsp3) is 0.526. The Morgan fingerprint density at radius 3 is 2.50 bits per heavy atom. The molecule has 1 saturated heterocycles.